The highest BCUT2D eigenvalue weighted by molar-refractivity contribution is 6.05. The van der Waals surface area contributed by atoms with Gasteiger partial charge in [-0.2, -0.15) is 0 Å². The van der Waals surface area contributed by atoms with E-state index in [1.54, 1.807) is 48.2 Å². The second kappa shape index (κ2) is 9.73. The fourth-order valence-corrected chi connectivity index (χ4v) is 3.24. The van der Waals surface area contributed by atoms with E-state index < -0.39 is 5.91 Å². The summed E-state index contributed by atoms with van der Waals surface area (Å²) in [5, 5.41) is 2.69. The standard InChI is InChI=1S/C22H24N2O5/c1-2-28-22(27)17-10-6-12-24(15-17)21(26)19(14-18-11-7-13-29-18)23-20(25)16-8-4-3-5-9-16/h3-5,7-9,11,13-14,17H,2,6,10,12,15H2,1H3,(H,23,25)/b19-14-. The number of carbonyl (C=O) groups excluding carboxylic acids is 3. The minimum Gasteiger partial charge on any atom is -0.466 e. The average molecular weight is 396 g/mol. The van der Waals surface area contributed by atoms with Crippen molar-refractivity contribution in [3.63, 3.8) is 0 Å². The van der Waals surface area contributed by atoms with Crippen molar-refractivity contribution in [1.29, 1.82) is 0 Å². The number of esters is 1. The third-order valence-electron chi connectivity index (χ3n) is 4.67. The van der Waals surface area contributed by atoms with Crippen LogP contribution in [0.1, 0.15) is 35.9 Å². The van der Waals surface area contributed by atoms with E-state index >= 15 is 0 Å². The number of ether oxygens (including phenoxy) is 1. The Balaban J connectivity index is 1.79. The van der Waals surface area contributed by atoms with E-state index in [2.05, 4.69) is 5.32 Å². The van der Waals surface area contributed by atoms with Gasteiger partial charge in [0.2, 0.25) is 0 Å². The van der Waals surface area contributed by atoms with Crippen LogP contribution in [0.25, 0.3) is 6.08 Å². The van der Waals surface area contributed by atoms with Gasteiger partial charge in [-0.1, -0.05) is 18.2 Å². The predicted octanol–water partition coefficient (Wildman–Crippen LogP) is 2.85. The highest BCUT2D eigenvalue weighted by atomic mass is 16.5. The Morgan fingerprint density at radius 2 is 2.00 bits per heavy atom. The Hall–Kier alpha value is -3.35. The molecule has 152 valence electrons. The number of rotatable bonds is 6. The molecule has 0 aliphatic carbocycles. The summed E-state index contributed by atoms with van der Waals surface area (Å²) in [4.78, 5) is 39.4. The molecule has 7 heteroatoms. The van der Waals surface area contributed by atoms with Crippen molar-refractivity contribution in [2.24, 2.45) is 5.92 Å². The van der Waals surface area contributed by atoms with Crippen molar-refractivity contribution >= 4 is 23.9 Å². The number of carbonyl (C=O) groups is 3. The highest BCUT2D eigenvalue weighted by Gasteiger charge is 2.31. The van der Waals surface area contributed by atoms with Crippen LogP contribution in [0.5, 0.6) is 0 Å². The molecule has 1 fully saturated rings. The number of nitrogens with zero attached hydrogens (tertiary/aromatic N) is 1. The maximum atomic E-state index is 13.2. The van der Waals surface area contributed by atoms with E-state index in [0.717, 1.165) is 0 Å². The van der Waals surface area contributed by atoms with Gasteiger partial charge in [-0.15, -0.1) is 0 Å². The Kier molecular flexibility index (Phi) is 6.84. The van der Waals surface area contributed by atoms with Crippen LogP contribution < -0.4 is 5.32 Å². The molecule has 1 aromatic carbocycles. The van der Waals surface area contributed by atoms with Crippen molar-refractivity contribution < 1.29 is 23.5 Å². The molecule has 1 unspecified atom stereocenters. The van der Waals surface area contributed by atoms with Crippen LogP contribution in [0.2, 0.25) is 0 Å². The minimum absolute atomic E-state index is 0.0957. The molecule has 2 heterocycles. The van der Waals surface area contributed by atoms with Gasteiger partial charge in [-0.25, -0.2) is 0 Å². The van der Waals surface area contributed by atoms with Gasteiger partial charge in [0.25, 0.3) is 11.8 Å². The molecular weight excluding hydrogens is 372 g/mol. The van der Waals surface area contributed by atoms with Crippen LogP contribution in [-0.4, -0.2) is 42.4 Å². The second-order valence-corrected chi connectivity index (χ2v) is 6.74. The Morgan fingerprint density at radius 1 is 1.21 bits per heavy atom. The van der Waals surface area contributed by atoms with E-state index in [-0.39, 0.29) is 30.0 Å². The normalized spacial score (nSPS) is 16.9. The van der Waals surface area contributed by atoms with Gasteiger partial charge in [-0.05, 0) is 44.0 Å². The summed E-state index contributed by atoms with van der Waals surface area (Å²) in [5.74, 6) is -0.965. The first kappa shape index (κ1) is 20.4. The van der Waals surface area contributed by atoms with Crippen molar-refractivity contribution in [2.75, 3.05) is 19.7 Å². The lowest BCUT2D eigenvalue weighted by molar-refractivity contribution is -0.150. The number of amides is 2. The second-order valence-electron chi connectivity index (χ2n) is 6.74. The van der Waals surface area contributed by atoms with Crippen LogP contribution >= 0.6 is 0 Å². The van der Waals surface area contributed by atoms with Crippen LogP contribution in [0.4, 0.5) is 0 Å². The van der Waals surface area contributed by atoms with E-state index in [9.17, 15) is 14.4 Å². The van der Waals surface area contributed by atoms with Crippen molar-refractivity contribution in [2.45, 2.75) is 19.8 Å². The largest absolute Gasteiger partial charge is 0.466 e. The molecule has 2 aromatic rings. The number of hydrogen-bond donors (Lipinski definition) is 1. The molecule has 1 saturated heterocycles. The Bertz CT molecular complexity index is 874. The lowest BCUT2D eigenvalue weighted by atomic mass is 9.98. The topological polar surface area (TPSA) is 88.8 Å². The van der Waals surface area contributed by atoms with E-state index in [1.807, 2.05) is 6.07 Å². The molecule has 0 spiro atoms. The maximum Gasteiger partial charge on any atom is 0.310 e. The summed E-state index contributed by atoms with van der Waals surface area (Å²) in [5.41, 5.74) is 0.534. The van der Waals surface area contributed by atoms with Gasteiger partial charge in [0.15, 0.2) is 0 Å². The molecule has 1 N–H and O–H groups in total. The smallest absolute Gasteiger partial charge is 0.310 e. The molecule has 1 aromatic heterocycles. The van der Waals surface area contributed by atoms with Crippen LogP contribution in [0, 0.1) is 5.92 Å². The fourth-order valence-electron chi connectivity index (χ4n) is 3.24. The molecule has 1 aliphatic heterocycles. The first-order valence-corrected chi connectivity index (χ1v) is 9.66. The van der Waals surface area contributed by atoms with Crippen LogP contribution in [-0.2, 0) is 14.3 Å². The minimum atomic E-state index is -0.393. The quantitative estimate of drug-likeness (QED) is 0.599. The average Bonchev–Trinajstić information content (AvgIpc) is 3.27. The van der Waals surface area contributed by atoms with E-state index in [1.165, 1.54) is 12.3 Å². The highest BCUT2D eigenvalue weighted by Crippen LogP contribution is 2.20. The van der Waals surface area contributed by atoms with Gasteiger partial charge in [-0.3, -0.25) is 14.4 Å². The van der Waals surface area contributed by atoms with E-state index in [4.69, 9.17) is 9.15 Å². The van der Waals surface area contributed by atoms with Gasteiger partial charge < -0.3 is 19.4 Å². The Morgan fingerprint density at radius 3 is 2.69 bits per heavy atom. The summed E-state index contributed by atoms with van der Waals surface area (Å²) < 4.78 is 10.4. The maximum absolute atomic E-state index is 13.2. The van der Waals surface area contributed by atoms with Crippen LogP contribution in [0.15, 0.2) is 58.8 Å². The predicted molar refractivity (Wildman–Crippen MR) is 107 cm³/mol. The van der Waals surface area contributed by atoms with Gasteiger partial charge in [0, 0.05) is 24.7 Å². The number of hydrogen-bond acceptors (Lipinski definition) is 5. The van der Waals surface area contributed by atoms with Crippen molar-refractivity contribution in [3.8, 4) is 0 Å². The summed E-state index contributed by atoms with van der Waals surface area (Å²) >= 11 is 0. The number of piperidine rings is 1. The van der Waals surface area contributed by atoms with Crippen molar-refractivity contribution in [3.05, 3.63) is 65.7 Å². The number of likely N-dealkylation sites (tertiary alicyclic amines) is 1. The Labute approximate surface area is 169 Å². The fraction of sp³-hybridized carbons (Fsp3) is 0.318. The molecule has 3 rings (SSSR count). The molecular formula is C22H24N2O5. The molecule has 1 atom stereocenters. The molecule has 0 saturated carbocycles. The van der Waals surface area contributed by atoms with Gasteiger partial charge in [0.05, 0.1) is 18.8 Å². The number of nitrogens with one attached hydrogen (secondary N) is 1. The first-order valence-electron chi connectivity index (χ1n) is 9.66. The zero-order chi connectivity index (χ0) is 20.6. The third kappa shape index (κ3) is 5.34. The molecule has 7 nitrogen and oxygen atoms in total. The van der Waals surface area contributed by atoms with Gasteiger partial charge >= 0.3 is 5.97 Å². The zero-order valence-corrected chi connectivity index (χ0v) is 16.3. The molecule has 0 bridgehead atoms. The SMILES string of the molecule is CCOC(=O)C1CCCN(C(=O)/C(=C/c2ccco2)NC(=O)c2ccccc2)C1. The van der Waals surface area contributed by atoms with Gasteiger partial charge in [0.1, 0.15) is 11.5 Å². The first-order chi connectivity index (χ1) is 14.1. The van der Waals surface area contributed by atoms with E-state index in [0.29, 0.717) is 37.3 Å². The lowest BCUT2D eigenvalue weighted by Gasteiger charge is -2.32. The molecule has 2 amide bonds. The summed E-state index contributed by atoms with van der Waals surface area (Å²) in [6.07, 6.45) is 4.36. The third-order valence-corrected chi connectivity index (χ3v) is 4.67. The number of furan rings is 1. The molecule has 0 radical (unpaired) electrons. The lowest BCUT2D eigenvalue weighted by Crippen LogP contribution is -2.45. The van der Waals surface area contributed by atoms with Crippen molar-refractivity contribution in [1.82, 2.24) is 10.2 Å². The summed E-state index contributed by atoms with van der Waals surface area (Å²) in [6, 6.07) is 12.0. The number of benzene rings is 1. The molecule has 29 heavy (non-hydrogen) atoms. The van der Waals surface area contributed by atoms with Crippen LogP contribution in [0.3, 0.4) is 0 Å². The summed E-state index contributed by atoms with van der Waals surface area (Å²) in [6.45, 7) is 2.83. The molecule has 1 aliphatic rings. The monoisotopic (exact) mass is 396 g/mol. The zero-order valence-electron chi connectivity index (χ0n) is 16.3. The summed E-state index contributed by atoms with van der Waals surface area (Å²) in [7, 11) is 0.